The average Bonchev–Trinajstić information content (AvgIpc) is 3.37. The topological polar surface area (TPSA) is 116 Å². The van der Waals surface area contributed by atoms with Gasteiger partial charge in [-0.1, -0.05) is 43.7 Å². The van der Waals surface area contributed by atoms with Crippen molar-refractivity contribution >= 4 is 24.7 Å². The molecule has 0 saturated carbocycles. The SMILES string of the molecule is CCC[P+](O)(NC(Cc1ccc(OCCCCC2CCNCC2)cc1)C(=O)O)OCCc1c[nH]c2ccccc12. The van der Waals surface area contributed by atoms with Gasteiger partial charge in [0.2, 0.25) is 0 Å². The van der Waals surface area contributed by atoms with E-state index in [4.69, 9.17) is 9.26 Å². The fourth-order valence-electron chi connectivity index (χ4n) is 5.40. The summed E-state index contributed by atoms with van der Waals surface area (Å²) in [7, 11) is -3.11. The van der Waals surface area contributed by atoms with Crippen LogP contribution in [0, 0.1) is 5.92 Å². The molecule has 0 radical (unpaired) electrons. The van der Waals surface area contributed by atoms with Crippen LogP contribution in [0.1, 0.15) is 56.6 Å². The fraction of sp³-hybridized carbons (Fsp3) is 0.516. The van der Waals surface area contributed by atoms with Crippen molar-refractivity contribution in [3.63, 3.8) is 0 Å². The number of carbonyl (C=O) groups is 1. The number of para-hydroxylation sites is 1. The zero-order chi connectivity index (χ0) is 28.2. The molecule has 40 heavy (non-hydrogen) atoms. The number of H-pyrrole nitrogens is 1. The third kappa shape index (κ3) is 9.28. The number of piperidine rings is 1. The molecule has 4 rings (SSSR count). The van der Waals surface area contributed by atoms with Crippen LogP contribution in [0.3, 0.4) is 0 Å². The molecular weight excluding hydrogens is 525 g/mol. The van der Waals surface area contributed by atoms with Crippen LogP contribution in [0.2, 0.25) is 0 Å². The second-order valence-electron chi connectivity index (χ2n) is 10.8. The predicted octanol–water partition coefficient (Wildman–Crippen LogP) is 5.73. The lowest BCUT2D eigenvalue weighted by molar-refractivity contribution is -0.139. The quantitative estimate of drug-likeness (QED) is 0.104. The molecule has 0 aliphatic carbocycles. The Labute approximate surface area is 238 Å². The second kappa shape index (κ2) is 15.5. The van der Waals surface area contributed by atoms with Gasteiger partial charge in [0.1, 0.15) is 24.6 Å². The fourth-order valence-corrected chi connectivity index (χ4v) is 7.42. The molecule has 2 atom stereocenters. The molecule has 218 valence electrons. The Morgan fingerprint density at radius 1 is 1.10 bits per heavy atom. The van der Waals surface area contributed by atoms with E-state index in [0.717, 1.165) is 53.2 Å². The van der Waals surface area contributed by atoms with E-state index < -0.39 is 19.9 Å². The monoisotopic (exact) mass is 570 g/mol. The van der Waals surface area contributed by atoms with Gasteiger partial charge >= 0.3 is 13.8 Å². The first-order valence-corrected chi connectivity index (χ1v) is 16.5. The minimum absolute atomic E-state index is 0.240. The van der Waals surface area contributed by atoms with Gasteiger partial charge in [-0.3, -0.25) is 4.79 Å². The van der Waals surface area contributed by atoms with E-state index in [2.05, 4.69) is 21.5 Å². The summed E-state index contributed by atoms with van der Waals surface area (Å²) >= 11 is 0. The number of rotatable bonds is 17. The van der Waals surface area contributed by atoms with Crippen LogP contribution in [0.5, 0.6) is 5.75 Å². The van der Waals surface area contributed by atoms with E-state index in [9.17, 15) is 14.8 Å². The Kier molecular flexibility index (Phi) is 11.8. The van der Waals surface area contributed by atoms with Crippen LogP contribution >= 0.6 is 7.87 Å². The zero-order valence-electron chi connectivity index (χ0n) is 23.6. The van der Waals surface area contributed by atoms with E-state index >= 15 is 0 Å². The Morgan fingerprint density at radius 3 is 2.62 bits per heavy atom. The van der Waals surface area contributed by atoms with Crippen LogP contribution in [-0.4, -0.2) is 59.5 Å². The number of hydrogen-bond donors (Lipinski definition) is 5. The van der Waals surface area contributed by atoms with Crippen molar-refractivity contribution in [2.24, 2.45) is 5.92 Å². The summed E-state index contributed by atoms with van der Waals surface area (Å²) in [4.78, 5) is 26.7. The summed E-state index contributed by atoms with van der Waals surface area (Å²) in [5, 5.41) is 17.5. The smallest absolute Gasteiger partial charge is 0.343 e. The molecule has 1 aliphatic rings. The summed E-state index contributed by atoms with van der Waals surface area (Å²) in [5.41, 5.74) is 3.03. The van der Waals surface area contributed by atoms with Crippen molar-refractivity contribution in [2.45, 2.75) is 64.3 Å². The van der Waals surface area contributed by atoms with Crippen molar-refractivity contribution in [1.29, 1.82) is 0 Å². The van der Waals surface area contributed by atoms with Crippen molar-refractivity contribution in [3.8, 4) is 5.75 Å². The summed E-state index contributed by atoms with van der Waals surface area (Å²) in [6.45, 7) is 5.23. The van der Waals surface area contributed by atoms with Crippen molar-refractivity contribution in [2.75, 3.05) is 32.5 Å². The summed E-state index contributed by atoms with van der Waals surface area (Å²) in [6, 6.07) is 14.7. The maximum Gasteiger partial charge on any atom is 0.343 e. The highest BCUT2D eigenvalue weighted by atomic mass is 31.2. The van der Waals surface area contributed by atoms with Gasteiger partial charge in [0.05, 0.1) is 6.61 Å². The normalized spacial score (nSPS) is 16.6. The lowest BCUT2D eigenvalue weighted by atomic mass is 9.93. The first-order chi connectivity index (χ1) is 19.5. The molecule has 9 heteroatoms. The molecule has 0 spiro atoms. The number of unbranched alkanes of at least 4 members (excludes halogenated alkanes) is 1. The van der Waals surface area contributed by atoms with Gasteiger partial charge in [0, 0.05) is 29.9 Å². The number of carboxylic acids is 1. The largest absolute Gasteiger partial charge is 0.494 e. The molecule has 2 heterocycles. The highest BCUT2D eigenvalue weighted by molar-refractivity contribution is 7.63. The molecule has 1 aliphatic heterocycles. The first kappa shape index (κ1) is 30.5. The Balaban J connectivity index is 1.24. The molecule has 2 unspecified atom stereocenters. The van der Waals surface area contributed by atoms with Crippen molar-refractivity contribution in [1.82, 2.24) is 15.4 Å². The molecule has 5 N–H and O–H groups in total. The molecule has 1 aromatic heterocycles. The standard InChI is InChI=1S/C31H44N3O5P/c1-2-21-40(37,39-20-16-26-23-33-29-9-4-3-8-28(26)29)34-30(31(35)36)22-25-10-12-27(13-11-25)38-19-6-5-7-24-14-17-32-18-15-24/h3-4,8-13,23-24,30,32-34,37H,2,5-7,14-22H2,1H3/p+1. The van der Waals surface area contributed by atoms with Crippen LogP contribution in [0.15, 0.2) is 54.7 Å². The molecule has 3 aromatic rings. The second-order valence-corrected chi connectivity index (χ2v) is 13.1. The van der Waals surface area contributed by atoms with Crippen LogP contribution in [0.25, 0.3) is 10.9 Å². The van der Waals surface area contributed by atoms with E-state index in [1.807, 2.05) is 55.6 Å². The number of nitrogens with one attached hydrogen (secondary N) is 3. The maximum absolute atomic E-state index is 12.1. The van der Waals surface area contributed by atoms with Crippen LogP contribution in [-0.2, 0) is 22.2 Å². The average molecular weight is 571 g/mol. The Hall–Kier alpha value is -2.48. The molecule has 0 bridgehead atoms. The molecular formula is C31H45N3O5P+. The Morgan fingerprint density at radius 2 is 1.88 bits per heavy atom. The van der Waals surface area contributed by atoms with E-state index in [-0.39, 0.29) is 6.42 Å². The summed E-state index contributed by atoms with van der Waals surface area (Å²) < 4.78 is 11.9. The van der Waals surface area contributed by atoms with E-state index in [1.54, 1.807) is 0 Å². The summed E-state index contributed by atoms with van der Waals surface area (Å²) in [5.74, 6) is 0.628. The number of fused-ring (bicyclic) bond motifs is 1. The number of benzene rings is 2. The van der Waals surface area contributed by atoms with Gasteiger partial charge in [-0.05, 0) is 80.4 Å². The number of carboxylic acid groups (broad SMARTS) is 1. The lowest BCUT2D eigenvalue weighted by Gasteiger charge is -2.23. The highest BCUT2D eigenvalue weighted by Gasteiger charge is 2.42. The number of ether oxygens (including phenoxy) is 1. The Bertz CT molecular complexity index is 1180. The van der Waals surface area contributed by atoms with Gasteiger partial charge in [-0.2, -0.15) is 4.52 Å². The van der Waals surface area contributed by atoms with Gasteiger partial charge in [0.25, 0.3) is 0 Å². The molecule has 8 nitrogen and oxygen atoms in total. The lowest BCUT2D eigenvalue weighted by Crippen LogP contribution is -2.39. The van der Waals surface area contributed by atoms with E-state index in [0.29, 0.717) is 32.2 Å². The number of aromatic nitrogens is 1. The minimum Gasteiger partial charge on any atom is -0.494 e. The van der Waals surface area contributed by atoms with Crippen LogP contribution < -0.4 is 15.1 Å². The van der Waals surface area contributed by atoms with Gasteiger partial charge in [-0.25, -0.2) is 4.89 Å². The van der Waals surface area contributed by atoms with Crippen molar-refractivity contribution in [3.05, 3.63) is 65.9 Å². The van der Waals surface area contributed by atoms with Gasteiger partial charge in [-0.15, -0.1) is 5.09 Å². The molecule has 1 saturated heterocycles. The van der Waals surface area contributed by atoms with E-state index in [1.165, 1.54) is 25.7 Å². The number of hydrogen-bond acceptors (Lipinski definition) is 6. The molecule has 2 aromatic carbocycles. The van der Waals surface area contributed by atoms with Crippen LogP contribution in [0.4, 0.5) is 0 Å². The first-order valence-electron chi connectivity index (χ1n) is 14.7. The maximum atomic E-state index is 12.1. The van der Waals surface area contributed by atoms with Crippen molar-refractivity contribution < 1.29 is 24.1 Å². The van der Waals surface area contributed by atoms with Gasteiger partial charge in [0.15, 0.2) is 0 Å². The number of aromatic amines is 1. The minimum atomic E-state index is -3.11. The third-order valence-electron chi connectivity index (χ3n) is 7.63. The zero-order valence-corrected chi connectivity index (χ0v) is 24.5. The molecule has 1 fully saturated rings. The van der Waals surface area contributed by atoms with Gasteiger partial charge < -0.3 is 20.1 Å². The predicted molar refractivity (Wildman–Crippen MR) is 162 cm³/mol. The third-order valence-corrected chi connectivity index (χ3v) is 10.0. The molecule has 0 amide bonds. The highest BCUT2D eigenvalue weighted by Crippen LogP contribution is 2.52. The summed E-state index contributed by atoms with van der Waals surface area (Å²) in [6.07, 6.45) is 9.94. The number of aliphatic carboxylic acids is 1.